The third kappa shape index (κ3) is 5.47. The maximum Gasteiger partial charge on any atom is 0.319 e. The Morgan fingerprint density at radius 3 is 2.68 bits per heavy atom. The summed E-state index contributed by atoms with van der Waals surface area (Å²) in [7, 11) is 0. The maximum absolute atomic E-state index is 12.0. The summed E-state index contributed by atoms with van der Waals surface area (Å²) >= 11 is 5.89. The Hall–Kier alpha value is -3.06. The highest BCUT2D eigenvalue weighted by molar-refractivity contribution is 6.30. The number of ether oxygens (including phenoxy) is 1. The van der Waals surface area contributed by atoms with E-state index in [9.17, 15) is 4.79 Å². The Morgan fingerprint density at radius 2 is 2.00 bits per heavy atom. The van der Waals surface area contributed by atoms with Gasteiger partial charge in [-0.25, -0.2) is 4.79 Å². The second-order valence-corrected chi connectivity index (χ2v) is 6.81. The van der Waals surface area contributed by atoms with Crippen LogP contribution in [0.5, 0.6) is 5.75 Å². The summed E-state index contributed by atoms with van der Waals surface area (Å²) in [5.41, 5.74) is 1.45. The van der Waals surface area contributed by atoms with Gasteiger partial charge in [-0.1, -0.05) is 36.7 Å². The van der Waals surface area contributed by atoms with Crippen LogP contribution >= 0.6 is 11.6 Å². The number of carbonyl (C=O) groups excluding carboxylic acids is 1. The molecule has 0 atom stereocenters. The van der Waals surface area contributed by atoms with Gasteiger partial charge in [-0.15, -0.1) is 0 Å². The lowest BCUT2D eigenvalue weighted by atomic mass is 10.2. The molecule has 0 unspecified atom stereocenters. The zero-order valence-electron chi connectivity index (χ0n) is 15.6. The minimum Gasteiger partial charge on any atom is -0.492 e. The second kappa shape index (κ2) is 9.23. The van der Waals surface area contributed by atoms with Crippen LogP contribution in [0.15, 0.2) is 53.1 Å². The van der Waals surface area contributed by atoms with Crippen molar-refractivity contribution in [2.75, 3.05) is 18.5 Å². The van der Waals surface area contributed by atoms with E-state index in [4.69, 9.17) is 20.9 Å². The highest BCUT2D eigenvalue weighted by Gasteiger charge is 2.11. The Balaban J connectivity index is 1.45. The zero-order chi connectivity index (χ0) is 19.9. The summed E-state index contributed by atoms with van der Waals surface area (Å²) in [6, 6.07) is 14.0. The second-order valence-electron chi connectivity index (χ2n) is 6.38. The molecule has 1 heterocycles. The third-order valence-corrected chi connectivity index (χ3v) is 4.04. The summed E-state index contributed by atoms with van der Waals surface area (Å²) in [6.07, 6.45) is 0. The smallest absolute Gasteiger partial charge is 0.319 e. The van der Waals surface area contributed by atoms with E-state index in [2.05, 4.69) is 20.8 Å². The van der Waals surface area contributed by atoms with Crippen molar-refractivity contribution in [3.05, 3.63) is 59.4 Å². The van der Waals surface area contributed by atoms with Gasteiger partial charge in [0.2, 0.25) is 0 Å². The molecule has 0 saturated heterocycles. The number of benzene rings is 2. The predicted molar refractivity (Wildman–Crippen MR) is 108 cm³/mol. The number of nitrogens with zero attached hydrogens (tertiary/aromatic N) is 2. The summed E-state index contributed by atoms with van der Waals surface area (Å²) in [6.45, 7) is 4.69. The zero-order valence-corrected chi connectivity index (χ0v) is 16.4. The maximum atomic E-state index is 12.0. The van der Waals surface area contributed by atoms with Crippen LogP contribution in [0.4, 0.5) is 10.5 Å². The van der Waals surface area contributed by atoms with Crippen LogP contribution in [0.25, 0.3) is 11.5 Å². The van der Waals surface area contributed by atoms with Gasteiger partial charge in [0.25, 0.3) is 5.89 Å². The van der Waals surface area contributed by atoms with Crippen molar-refractivity contribution < 1.29 is 14.1 Å². The number of urea groups is 1. The lowest BCUT2D eigenvalue weighted by molar-refractivity contribution is 0.247. The molecule has 2 amide bonds. The minimum atomic E-state index is -0.317. The first-order valence-corrected chi connectivity index (χ1v) is 9.26. The van der Waals surface area contributed by atoms with Crippen molar-refractivity contribution in [2.45, 2.75) is 19.8 Å². The van der Waals surface area contributed by atoms with Crippen molar-refractivity contribution in [3.63, 3.8) is 0 Å². The van der Waals surface area contributed by atoms with Crippen LogP contribution in [0.2, 0.25) is 5.02 Å². The monoisotopic (exact) mass is 400 g/mol. The van der Waals surface area contributed by atoms with E-state index >= 15 is 0 Å². The quantitative estimate of drug-likeness (QED) is 0.560. The highest BCUT2D eigenvalue weighted by atomic mass is 35.5. The molecule has 3 rings (SSSR count). The van der Waals surface area contributed by atoms with E-state index in [1.54, 1.807) is 36.4 Å². The number of hydrogen-bond donors (Lipinski definition) is 2. The number of rotatable bonds is 7. The SMILES string of the molecule is CC(C)c1noc(-c2ccc(NC(=O)NCCOc3cccc(Cl)c3)cc2)n1. The van der Waals surface area contributed by atoms with Crippen molar-refractivity contribution in [3.8, 4) is 17.2 Å². The lowest BCUT2D eigenvalue weighted by Gasteiger charge is -2.09. The Kier molecular flexibility index (Phi) is 6.49. The molecule has 0 bridgehead atoms. The molecule has 7 nitrogen and oxygen atoms in total. The van der Waals surface area contributed by atoms with Crippen molar-refractivity contribution in [1.29, 1.82) is 0 Å². The van der Waals surface area contributed by atoms with Crippen LogP contribution in [-0.4, -0.2) is 29.3 Å². The van der Waals surface area contributed by atoms with Crippen LogP contribution < -0.4 is 15.4 Å². The highest BCUT2D eigenvalue weighted by Crippen LogP contribution is 2.21. The van der Waals surface area contributed by atoms with Crippen molar-refractivity contribution >= 4 is 23.3 Å². The molecule has 0 aliphatic carbocycles. The molecule has 0 fully saturated rings. The van der Waals surface area contributed by atoms with Gasteiger partial charge in [0, 0.05) is 22.2 Å². The summed E-state index contributed by atoms with van der Waals surface area (Å²) < 4.78 is 10.8. The standard InChI is InChI=1S/C20H21ClN4O3/c1-13(2)18-24-19(28-25-18)14-6-8-16(9-7-14)23-20(26)22-10-11-27-17-5-3-4-15(21)12-17/h3-9,12-13H,10-11H2,1-2H3,(H2,22,23,26). The third-order valence-electron chi connectivity index (χ3n) is 3.80. The first-order valence-electron chi connectivity index (χ1n) is 8.88. The molecular weight excluding hydrogens is 380 g/mol. The molecule has 1 aromatic heterocycles. The summed E-state index contributed by atoms with van der Waals surface area (Å²) in [4.78, 5) is 16.3. The summed E-state index contributed by atoms with van der Waals surface area (Å²) in [5.74, 6) is 1.98. The van der Waals surface area contributed by atoms with Gasteiger partial charge in [-0.2, -0.15) is 4.98 Å². The van der Waals surface area contributed by atoms with Gasteiger partial charge in [-0.3, -0.25) is 0 Å². The molecule has 2 N–H and O–H groups in total. The fourth-order valence-corrected chi connectivity index (χ4v) is 2.53. The van der Waals surface area contributed by atoms with Crippen LogP contribution in [-0.2, 0) is 0 Å². The van der Waals surface area contributed by atoms with Crippen LogP contribution in [0.3, 0.4) is 0 Å². The molecule has 28 heavy (non-hydrogen) atoms. The van der Waals surface area contributed by atoms with E-state index in [-0.39, 0.29) is 11.9 Å². The molecule has 146 valence electrons. The van der Waals surface area contributed by atoms with Gasteiger partial charge in [0.05, 0.1) is 6.54 Å². The molecular formula is C20H21ClN4O3. The first kappa shape index (κ1) is 19.7. The lowest BCUT2D eigenvalue weighted by Crippen LogP contribution is -2.32. The molecule has 0 saturated carbocycles. The van der Waals surface area contributed by atoms with E-state index in [0.29, 0.717) is 41.3 Å². The van der Waals surface area contributed by atoms with Gasteiger partial charge in [0.1, 0.15) is 12.4 Å². The number of aromatic nitrogens is 2. The first-order chi connectivity index (χ1) is 13.5. The molecule has 0 aliphatic heterocycles. The number of hydrogen-bond acceptors (Lipinski definition) is 5. The molecule has 0 spiro atoms. The minimum absolute atomic E-state index is 0.199. The molecule has 3 aromatic rings. The van der Waals surface area contributed by atoms with Gasteiger partial charge in [-0.05, 0) is 42.5 Å². The van der Waals surface area contributed by atoms with Gasteiger partial charge in [0.15, 0.2) is 5.82 Å². The van der Waals surface area contributed by atoms with Crippen molar-refractivity contribution in [1.82, 2.24) is 15.5 Å². The Bertz CT molecular complexity index is 925. The fraction of sp³-hybridized carbons (Fsp3) is 0.250. The number of amides is 2. The van der Waals surface area contributed by atoms with Gasteiger partial charge >= 0.3 is 6.03 Å². The van der Waals surface area contributed by atoms with E-state index in [1.807, 2.05) is 26.0 Å². The average molecular weight is 401 g/mol. The fourth-order valence-electron chi connectivity index (χ4n) is 2.35. The van der Waals surface area contributed by atoms with Crippen LogP contribution in [0.1, 0.15) is 25.6 Å². The number of carbonyl (C=O) groups is 1. The average Bonchev–Trinajstić information content (AvgIpc) is 3.16. The Labute approximate surface area is 168 Å². The van der Waals surface area contributed by atoms with E-state index in [1.165, 1.54) is 0 Å². The molecule has 0 aliphatic rings. The van der Waals surface area contributed by atoms with E-state index < -0.39 is 0 Å². The molecule has 0 radical (unpaired) electrons. The predicted octanol–water partition coefficient (Wildman–Crippen LogP) is 4.71. The number of halogens is 1. The largest absolute Gasteiger partial charge is 0.492 e. The number of anilines is 1. The van der Waals surface area contributed by atoms with E-state index in [0.717, 1.165) is 5.56 Å². The van der Waals surface area contributed by atoms with Gasteiger partial charge < -0.3 is 19.9 Å². The molecule has 2 aromatic carbocycles. The Morgan fingerprint density at radius 1 is 1.21 bits per heavy atom. The molecule has 8 heteroatoms. The van der Waals surface area contributed by atoms with Crippen molar-refractivity contribution in [2.24, 2.45) is 0 Å². The topological polar surface area (TPSA) is 89.3 Å². The number of nitrogens with one attached hydrogen (secondary N) is 2. The summed E-state index contributed by atoms with van der Waals surface area (Å²) in [5, 5.41) is 10.0. The van der Waals surface area contributed by atoms with Crippen LogP contribution in [0, 0.1) is 0 Å². The normalized spacial score (nSPS) is 10.7.